The third kappa shape index (κ3) is 6.78. The molecule has 0 radical (unpaired) electrons. The van der Waals surface area contributed by atoms with E-state index in [1.165, 1.54) is 44.8 Å². The van der Waals surface area contributed by atoms with E-state index in [1.807, 2.05) is 13.8 Å². The summed E-state index contributed by atoms with van der Waals surface area (Å²) < 4.78 is 55.7. The van der Waals surface area contributed by atoms with Crippen LogP contribution in [0.1, 0.15) is 25.3 Å². The maximum atomic E-state index is 13.4. The molecular weight excluding hydrogens is 554 g/mol. The summed E-state index contributed by atoms with van der Waals surface area (Å²) in [7, 11) is -0.295. The molecule has 1 N–H and O–H groups in total. The molecule has 0 amide bonds. The summed E-state index contributed by atoms with van der Waals surface area (Å²) in [5.74, 6) is 0.210. The highest BCUT2D eigenvalue weighted by Crippen LogP contribution is 2.41. The van der Waals surface area contributed by atoms with Crippen LogP contribution in [-0.2, 0) is 14.8 Å². The van der Waals surface area contributed by atoms with Gasteiger partial charge in [-0.25, -0.2) is 19.7 Å². The Morgan fingerprint density at radius 2 is 1.68 bits per heavy atom. The quantitative estimate of drug-likeness (QED) is 0.255. The van der Waals surface area contributed by atoms with Gasteiger partial charge in [-0.2, -0.15) is 13.4 Å². The Kier molecular flexibility index (Phi) is 8.82. The SMILES string of the molecule is COC(=O)Oc1cc(-c2nc(NS(=O)(=O)c3ccc(C(C)C)cn3)c(Oc3ccccc3OC)c(OC)n2)ccn1. The summed E-state index contributed by atoms with van der Waals surface area (Å²) in [6.45, 7) is 3.95. The second-order valence-electron chi connectivity index (χ2n) is 8.62. The molecule has 13 nitrogen and oxygen atoms in total. The zero-order valence-electron chi connectivity index (χ0n) is 22.8. The molecule has 41 heavy (non-hydrogen) atoms. The van der Waals surface area contributed by atoms with Crippen molar-refractivity contribution in [3.63, 3.8) is 0 Å². The van der Waals surface area contributed by atoms with E-state index in [2.05, 4.69) is 29.4 Å². The Morgan fingerprint density at radius 1 is 0.927 bits per heavy atom. The number of pyridine rings is 2. The fourth-order valence-electron chi connectivity index (χ4n) is 3.47. The van der Waals surface area contributed by atoms with Crippen molar-refractivity contribution >= 4 is 22.0 Å². The number of para-hydroxylation sites is 2. The number of benzene rings is 1. The molecule has 0 atom stereocenters. The van der Waals surface area contributed by atoms with Crippen LogP contribution in [0.5, 0.6) is 29.0 Å². The lowest BCUT2D eigenvalue weighted by Gasteiger charge is -2.17. The lowest BCUT2D eigenvalue weighted by atomic mass is 10.1. The van der Waals surface area contributed by atoms with Crippen molar-refractivity contribution in [2.24, 2.45) is 0 Å². The number of rotatable bonds is 10. The Morgan fingerprint density at radius 3 is 2.32 bits per heavy atom. The molecule has 0 saturated carbocycles. The van der Waals surface area contributed by atoms with E-state index in [0.29, 0.717) is 11.3 Å². The van der Waals surface area contributed by atoms with E-state index in [4.69, 9.17) is 18.9 Å². The highest BCUT2D eigenvalue weighted by atomic mass is 32.2. The largest absolute Gasteiger partial charge is 0.514 e. The fraction of sp³-hybridized carbons (Fsp3) is 0.222. The van der Waals surface area contributed by atoms with Gasteiger partial charge < -0.3 is 23.7 Å². The molecule has 0 bridgehead atoms. The summed E-state index contributed by atoms with van der Waals surface area (Å²) >= 11 is 0. The van der Waals surface area contributed by atoms with Crippen LogP contribution < -0.4 is 23.7 Å². The molecule has 3 aromatic heterocycles. The number of hydrogen-bond donors (Lipinski definition) is 1. The number of carbonyl (C=O) groups excluding carboxylic acids is 1. The Balaban J connectivity index is 1.84. The van der Waals surface area contributed by atoms with Crippen molar-refractivity contribution in [1.29, 1.82) is 0 Å². The number of anilines is 1. The number of nitrogens with zero attached hydrogens (tertiary/aromatic N) is 4. The van der Waals surface area contributed by atoms with Crippen molar-refractivity contribution in [2.75, 3.05) is 26.1 Å². The lowest BCUT2D eigenvalue weighted by Crippen LogP contribution is -2.17. The van der Waals surface area contributed by atoms with E-state index in [0.717, 1.165) is 12.7 Å². The van der Waals surface area contributed by atoms with Crippen LogP contribution >= 0.6 is 0 Å². The van der Waals surface area contributed by atoms with E-state index >= 15 is 0 Å². The van der Waals surface area contributed by atoms with Gasteiger partial charge in [-0.05, 0) is 35.7 Å². The standard InChI is InChI=1S/C27H27N5O8S/c1-16(2)18-10-11-22(29-15-18)41(34,35)32-25-23(39-20-9-7-6-8-19(20)36-3)26(37-4)31-24(30-25)17-12-13-28-21(14-17)40-27(33)38-5/h6-16H,1-5H3,(H,30,31,32). The summed E-state index contributed by atoms with van der Waals surface area (Å²) in [4.78, 5) is 28.5. The number of nitrogens with one attached hydrogen (secondary N) is 1. The van der Waals surface area contributed by atoms with Crippen LogP contribution in [-0.4, -0.2) is 55.8 Å². The van der Waals surface area contributed by atoms with Crippen molar-refractivity contribution < 1.29 is 36.9 Å². The lowest BCUT2D eigenvalue weighted by molar-refractivity contribution is 0.119. The van der Waals surface area contributed by atoms with Gasteiger partial charge in [0, 0.05) is 24.0 Å². The third-order valence-corrected chi connectivity index (χ3v) is 6.84. The smallest absolute Gasteiger partial charge is 0.493 e. The van der Waals surface area contributed by atoms with Crippen LogP contribution in [0.4, 0.5) is 10.6 Å². The van der Waals surface area contributed by atoms with Crippen molar-refractivity contribution in [2.45, 2.75) is 24.8 Å². The van der Waals surface area contributed by atoms with Gasteiger partial charge >= 0.3 is 6.16 Å². The summed E-state index contributed by atoms with van der Waals surface area (Å²) in [5, 5.41) is -0.234. The van der Waals surface area contributed by atoms with Crippen LogP contribution in [0.25, 0.3) is 11.4 Å². The highest BCUT2D eigenvalue weighted by Gasteiger charge is 2.26. The molecule has 0 aliphatic heterocycles. The molecule has 0 aliphatic carbocycles. The second kappa shape index (κ2) is 12.5. The number of aromatic nitrogens is 4. The van der Waals surface area contributed by atoms with E-state index in [9.17, 15) is 13.2 Å². The van der Waals surface area contributed by atoms with Gasteiger partial charge in [0.05, 0.1) is 21.3 Å². The van der Waals surface area contributed by atoms with Crippen LogP contribution in [0.2, 0.25) is 0 Å². The first kappa shape index (κ1) is 29.0. The Bertz CT molecular complexity index is 1650. The van der Waals surface area contributed by atoms with Gasteiger partial charge in [0.15, 0.2) is 28.2 Å². The molecule has 14 heteroatoms. The molecule has 0 aliphatic rings. The zero-order chi connectivity index (χ0) is 29.6. The van der Waals surface area contributed by atoms with Gasteiger partial charge in [0.2, 0.25) is 11.6 Å². The molecular formula is C27H27N5O8S. The van der Waals surface area contributed by atoms with Crippen molar-refractivity contribution in [3.05, 3.63) is 66.5 Å². The van der Waals surface area contributed by atoms with E-state index in [-0.39, 0.29) is 45.8 Å². The van der Waals surface area contributed by atoms with Gasteiger partial charge in [0.25, 0.3) is 15.9 Å². The fourth-order valence-corrected chi connectivity index (χ4v) is 4.41. The molecule has 0 spiro atoms. The first-order chi connectivity index (χ1) is 19.6. The molecule has 4 rings (SSSR count). The van der Waals surface area contributed by atoms with E-state index in [1.54, 1.807) is 30.3 Å². The molecule has 0 fully saturated rings. The van der Waals surface area contributed by atoms with Crippen LogP contribution in [0, 0.1) is 0 Å². The molecule has 214 valence electrons. The Hall–Kier alpha value is -4.98. The summed E-state index contributed by atoms with van der Waals surface area (Å²) in [6.07, 6.45) is 1.88. The van der Waals surface area contributed by atoms with Crippen molar-refractivity contribution in [3.8, 4) is 40.4 Å². The average molecular weight is 582 g/mol. The third-order valence-electron chi connectivity index (χ3n) is 5.59. The monoisotopic (exact) mass is 581 g/mol. The maximum absolute atomic E-state index is 13.4. The Labute approximate surface area is 236 Å². The number of hydrogen-bond acceptors (Lipinski definition) is 12. The van der Waals surface area contributed by atoms with E-state index < -0.39 is 16.2 Å². The van der Waals surface area contributed by atoms with Crippen molar-refractivity contribution in [1.82, 2.24) is 19.9 Å². The number of ether oxygens (including phenoxy) is 5. The number of carbonyl (C=O) groups is 1. The number of sulfonamides is 1. The molecule has 3 heterocycles. The first-order valence-electron chi connectivity index (χ1n) is 12.1. The second-order valence-corrected chi connectivity index (χ2v) is 10.2. The normalized spacial score (nSPS) is 11.1. The van der Waals surface area contributed by atoms with Crippen LogP contribution in [0.15, 0.2) is 66.0 Å². The summed E-state index contributed by atoms with van der Waals surface area (Å²) in [6, 6.07) is 12.7. The average Bonchev–Trinajstić information content (AvgIpc) is 2.98. The summed E-state index contributed by atoms with van der Waals surface area (Å²) in [5.41, 5.74) is 1.19. The van der Waals surface area contributed by atoms with Crippen LogP contribution in [0.3, 0.4) is 0 Å². The zero-order valence-corrected chi connectivity index (χ0v) is 23.6. The predicted molar refractivity (Wildman–Crippen MR) is 147 cm³/mol. The predicted octanol–water partition coefficient (Wildman–Crippen LogP) is 4.81. The molecule has 1 aromatic carbocycles. The minimum absolute atomic E-state index is 0.00663. The van der Waals surface area contributed by atoms with Gasteiger partial charge in [-0.1, -0.05) is 32.0 Å². The molecule has 4 aromatic rings. The minimum atomic E-state index is -4.25. The first-order valence-corrected chi connectivity index (χ1v) is 13.6. The maximum Gasteiger partial charge on any atom is 0.514 e. The topological polar surface area (TPSA) is 161 Å². The number of methoxy groups -OCH3 is 3. The van der Waals surface area contributed by atoms with Gasteiger partial charge in [0.1, 0.15) is 0 Å². The van der Waals surface area contributed by atoms with Gasteiger partial charge in [-0.15, -0.1) is 0 Å². The highest BCUT2D eigenvalue weighted by molar-refractivity contribution is 7.92. The minimum Gasteiger partial charge on any atom is -0.493 e. The molecule has 0 unspecified atom stereocenters. The molecule has 0 saturated heterocycles. The van der Waals surface area contributed by atoms with Gasteiger partial charge in [-0.3, -0.25) is 4.72 Å².